The minimum absolute atomic E-state index is 0.375. The topological polar surface area (TPSA) is 38.7 Å². The third kappa shape index (κ3) is 2.92. The van der Waals surface area contributed by atoms with Gasteiger partial charge in [-0.05, 0) is 79.6 Å². The second kappa shape index (κ2) is 5.93. The third-order valence-electron chi connectivity index (χ3n) is 1.34. The fourth-order valence-corrected chi connectivity index (χ4v) is 3.88. The van der Waals surface area contributed by atoms with Gasteiger partial charge < -0.3 is 4.84 Å². The number of hydrogen-bond acceptors (Lipinski definition) is 3. The Morgan fingerprint density at radius 1 is 0.867 bits per heavy atom. The van der Waals surface area contributed by atoms with Crippen LogP contribution >= 0.6 is 79.6 Å². The highest BCUT2D eigenvalue weighted by molar-refractivity contribution is 9.15. The maximum Gasteiger partial charge on any atom is 0.277 e. The predicted octanol–water partition coefficient (Wildman–Crippen LogP) is 5.13. The van der Waals surface area contributed by atoms with Crippen LogP contribution in [0.3, 0.4) is 0 Å². The summed E-state index contributed by atoms with van der Waals surface area (Å²) in [6.07, 6.45) is 1.29. The van der Waals surface area contributed by atoms with Gasteiger partial charge in [0.2, 0.25) is 0 Å². The van der Waals surface area contributed by atoms with E-state index in [1.807, 2.05) is 0 Å². The molecule has 8 heteroatoms. The van der Waals surface area contributed by atoms with Crippen molar-refractivity contribution in [1.29, 1.82) is 0 Å². The fourth-order valence-electron chi connectivity index (χ4n) is 0.729. The van der Waals surface area contributed by atoms with Gasteiger partial charge in [-0.1, -0.05) is 0 Å². The lowest BCUT2D eigenvalue weighted by Crippen LogP contribution is -1.89. The minimum atomic E-state index is 0.375. The Morgan fingerprint density at radius 2 is 1.27 bits per heavy atom. The molecule has 15 heavy (non-hydrogen) atoms. The Labute approximate surface area is 127 Å². The third-order valence-corrected chi connectivity index (χ3v) is 7.36. The number of isocyanates is 1. The lowest BCUT2D eigenvalue weighted by Gasteiger charge is -2.10. The lowest BCUT2D eigenvalue weighted by atomic mass is 10.3. The average Bonchev–Trinajstić information content (AvgIpc) is 2.24. The molecule has 1 aromatic rings. The van der Waals surface area contributed by atoms with Crippen molar-refractivity contribution in [2.45, 2.75) is 0 Å². The van der Waals surface area contributed by atoms with Crippen molar-refractivity contribution in [1.82, 2.24) is 0 Å². The molecular weight excluding hydrogens is 530 g/mol. The van der Waals surface area contributed by atoms with E-state index in [2.05, 4.69) is 84.8 Å². The van der Waals surface area contributed by atoms with Crippen molar-refractivity contribution in [3.63, 3.8) is 0 Å². The Balaban J connectivity index is 3.44. The Morgan fingerprint density at radius 3 is 1.67 bits per heavy atom. The maximum atomic E-state index is 9.96. The summed E-state index contributed by atoms with van der Waals surface area (Å²) >= 11 is 16.7. The molecule has 0 N–H and O–H groups in total. The number of halogens is 5. The summed E-state index contributed by atoms with van der Waals surface area (Å²) < 4.78 is 3.55. The van der Waals surface area contributed by atoms with Crippen LogP contribution in [0.2, 0.25) is 0 Å². The van der Waals surface area contributed by atoms with Crippen LogP contribution in [0.15, 0.2) is 27.5 Å². The summed E-state index contributed by atoms with van der Waals surface area (Å²) in [5, 5.41) is 3.05. The van der Waals surface area contributed by atoms with Gasteiger partial charge in [-0.25, -0.2) is 4.79 Å². The van der Waals surface area contributed by atoms with E-state index >= 15 is 0 Å². The van der Waals surface area contributed by atoms with E-state index in [1.54, 1.807) is 0 Å². The monoisotopic (exact) mass is 525 g/mol. The number of rotatable bonds is 2. The number of hydrogen-bond donors (Lipinski definition) is 0. The molecule has 80 valence electrons. The van der Waals surface area contributed by atoms with Crippen molar-refractivity contribution in [3.05, 3.63) is 22.4 Å². The molecule has 0 bridgehead atoms. The molecule has 0 aliphatic rings. The summed E-state index contributed by atoms with van der Waals surface area (Å²) in [7, 11) is 0. The first-order chi connectivity index (χ1) is 7.00. The van der Waals surface area contributed by atoms with Crippen LogP contribution in [-0.2, 0) is 4.79 Å². The van der Waals surface area contributed by atoms with E-state index in [0.29, 0.717) is 14.7 Å². The molecule has 3 nitrogen and oxygen atoms in total. The Bertz CT molecular complexity index is 426. The normalized spacial score (nSPS) is 9.67. The van der Waals surface area contributed by atoms with Crippen LogP contribution < -0.4 is 4.84 Å². The number of benzene rings is 1. The Hall–Kier alpha value is 0.800. The molecule has 0 amide bonds. The molecule has 0 unspecified atom stereocenters. The van der Waals surface area contributed by atoms with Gasteiger partial charge >= 0.3 is 0 Å². The van der Waals surface area contributed by atoms with E-state index in [4.69, 9.17) is 4.84 Å². The smallest absolute Gasteiger partial charge is 0.277 e. The Kier molecular flexibility index (Phi) is 5.48. The van der Waals surface area contributed by atoms with Crippen LogP contribution in [-0.4, -0.2) is 6.08 Å². The molecule has 0 aromatic heterocycles. The van der Waals surface area contributed by atoms with E-state index in [0.717, 1.165) is 13.4 Å². The second-order valence-electron chi connectivity index (χ2n) is 2.17. The van der Waals surface area contributed by atoms with Crippen LogP contribution in [0.25, 0.3) is 0 Å². The zero-order valence-corrected chi connectivity index (χ0v) is 14.6. The van der Waals surface area contributed by atoms with Crippen molar-refractivity contribution < 1.29 is 9.63 Å². The molecule has 0 aliphatic heterocycles. The first kappa shape index (κ1) is 13.9. The molecule has 0 atom stereocenters. The standard InChI is InChI=1S/C7Br5NO2/c8-2-3(9)5(11)7(15-13-1-14)6(12)4(2)10. The summed E-state index contributed by atoms with van der Waals surface area (Å²) in [4.78, 5) is 14.8. The van der Waals surface area contributed by atoms with Crippen LogP contribution in [0.5, 0.6) is 5.75 Å². The van der Waals surface area contributed by atoms with Crippen molar-refractivity contribution in [2.24, 2.45) is 5.16 Å². The van der Waals surface area contributed by atoms with Gasteiger partial charge in [-0.2, -0.15) is 0 Å². The van der Waals surface area contributed by atoms with Gasteiger partial charge in [0.25, 0.3) is 6.08 Å². The van der Waals surface area contributed by atoms with Crippen molar-refractivity contribution in [2.75, 3.05) is 0 Å². The molecule has 0 spiro atoms. The number of carbonyl (C=O) groups excluding carboxylic acids is 1. The van der Waals surface area contributed by atoms with Gasteiger partial charge in [0, 0.05) is 9.63 Å². The summed E-state index contributed by atoms with van der Waals surface area (Å²) in [5.41, 5.74) is 0. The van der Waals surface area contributed by atoms with Crippen molar-refractivity contribution in [3.8, 4) is 5.75 Å². The molecule has 1 aromatic carbocycles. The SMILES string of the molecule is O=C=NOc1c(Br)c(Br)c(Br)c(Br)c1Br. The average molecular weight is 530 g/mol. The summed E-state index contributed by atoms with van der Waals surface area (Å²) in [6.45, 7) is 0. The first-order valence-corrected chi connectivity index (χ1v) is 7.22. The van der Waals surface area contributed by atoms with Crippen LogP contribution in [0, 0.1) is 0 Å². The predicted molar refractivity (Wildman–Crippen MR) is 73.7 cm³/mol. The molecular formula is C7Br5NO2. The van der Waals surface area contributed by atoms with Gasteiger partial charge in [0.05, 0.1) is 17.9 Å². The highest BCUT2D eigenvalue weighted by Gasteiger charge is 2.19. The fraction of sp³-hybridized carbons (Fsp3) is 0. The zero-order valence-electron chi connectivity index (χ0n) is 6.65. The van der Waals surface area contributed by atoms with E-state index in [1.165, 1.54) is 6.08 Å². The maximum absolute atomic E-state index is 9.96. The van der Waals surface area contributed by atoms with Crippen LogP contribution in [0.4, 0.5) is 0 Å². The molecule has 0 saturated carbocycles. The quantitative estimate of drug-likeness (QED) is 0.175. The van der Waals surface area contributed by atoms with E-state index in [9.17, 15) is 4.79 Å². The molecule has 0 heterocycles. The highest BCUT2D eigenvalue weighted by Crippen LogP contribution is 2.48. The zero-order chi connectivity index (χ0) is 11.6. The summed E-state index contributed by atoms with van der Waals surface area (Å²) in [5.74, 6) is 0.375. The molecule has 0 aliphatic carbocycles. The van der Waals surface area contributed by atoms with Gasteiger partial charge in [0.15, 0.2) is 5.75 Å². The molecule has 0 fully saturated rings. The minimum Gasteiger partial charge on any atom is -0.344 e. The molecule has 1 rings (SSSR count). The first-order valence-electron chi connectivity index (χ1n) is 3.26. The van der Waals surface area contributed by atoms with Gasteiger partial charge in [-0.15, -0.1) is 0 Å². The molecule has 0 saturated heterocycles. The molecule has 0 radical (unpaired) electrons. The van der Waals surface area contributed by atoms with Gasteiger partial charge in [0.1, 0.15) is 0 Å². The van der Waals surface area contributed by atoms with E-state index in [-0.39, 0.29) is 0 Å². The highest BCUT2D eigenvalue weighted by atomic mass is 79.9. The summed E-state index contributed by atoms with van der Waals surface area (Å²) in [6, 6.07) is 0. The lowest BCUT2D eigenvalue weighted by molar-refractivity contribution is 0.332. The second-order valence-corrected chi connectivity index (χ2v) is 6.14. The van der Waals surface area contributed by atoms with Gasteiger partial charge in [-0.3, -0.25) is 0 Å². The van der Waals surface area contributed by atoms with E-state index < -0.39 is 0 Å². The van der Waals surface area contributed by atoms with Crippen molar-refractivity contribution >= 4 is 85.7 Å². The van der Waals surface area contributed by atoms with Crippen LogP contribution in [0.1, 0.15) is 0 Å². The largest absolute Gasteiger partial charge is 0.344 e. The number of nitrogens with zero attached hydrogens (tertiary/aromatic N) is 1.